The lowest BCUT2D eigenvalue weighted by atomic mass is 9.80. The molecule has 0 radical (unpaired) electrons. The maximum Gasteiger partial charge on any atom is 0.309 e. The highest BCUT2D eigenvalue weighted by molar-refractivity contribution is 8.00. The molecule has 0 aromatic heterocycles. The highest BCUT2D eigenvalue weighted by Crippen LogP contribution is 2.31. The molecule has 0 spiro atoms. The van der Waals surface area contributed by atoms with E-state index in [1.165, 1.54) is 17.3 Å². The first-order valence-corrected chi connectivity index (χ1v) is 8.10. The van der Waals surface area contributed by atoms with Gasteiger partial charge in [0.2, 0.25) is 5.91 Å². The highest BCUT2D eigenvalue weighted by atomic mass is 32.2. The van der Waals surface area contributed by atoms with E-state index in [9.17, 15) is 14.7 Å². The quantitative estimate of drug-likeness (QED) is 0.869. The molecule has 1 fully saturated rings. The van der Waals surface area contributed by atoms with Gasteiger partial charge in [-0.3, -0.25) is 9.59 Å². The second kappa shape index (κ2) is 6.52. The van der Waals surface area contributed by atoms with E-state index in [-0.39, 0.29) is 5.91 Å². The Kier molecular flexibility index (Phi) is 4.93. The summed E-state index contributed by atoms with van der Waals surface area (Å²) < 4.78 is 0. The molecule has 1 aromatic carbocycles. The maximum atomic E-state index is 12.2. The summed E-state index contributed by atoms with van der Waals surface area (Å²) in [5, 5.41) is 9.19. The van der Waals surface area contributed by atoms with Crippen molar-refractivity contribution in [2.24, 2.45) is 5.41 Å². The van der Waals surface area contributed by atoms with Crippen LogP contribution in [0.15, 0.2) is 29.2 Å². The summed E-state index contributed by atoms with van der Waals surface area (Å²) in [4.78, 5) is 26.2. The molecular weight excluding hydrogens is 286 g/mol. The number of hydrogen-bond acceptors (Lipinski definition) is 3. The first-order chi connectivity index (χ1) is 9.90. The van der Waals surface area contributed by atoms with Gasteiger partial charge in [-0.25, -0.2) is 0 Å². The van der Waals surface area contributed by atoms with Gasteiger partial charge in [0.1, 0.15) is 0 Å². The zero-order valence-corrected chi connectivity index (χ0v) is 13.3. The van der Waals surface area contributed by atoms with Crippen LogP contribution in [0.5, 0.6) is 0 Å². The number of piperidine rings is 1. The van der Waals surface area contributed by atoms with Crippen molar-refractivity contribution < 1.29 is 14.7 Å². The predicted molar refractivity (Wildman–Crippen MR) is 83.5 cm³/mol. The van der Waals surface area contributed by atoms with Crippen LogP contribution in [0.4, 0.5) is 0 Å². The van der Waals surface area contributed by atoms with Crippen molar-refractivity contribution in [3.05, 3.63) is 29.8 Å². The van der Waals surface area contributed by atoms with Gasteiger partial charge in [0, 0.05) is 18.0 Å². The summed E-state index contributed by atoms with van der Waals surface area (Å²) in [6.07, 6.45) is 1.06. The van der Waals surface area contributed by atoms with Crippen molar-refractivity contribution in [2.75, 3.05) is 18.8 Å². The minimum absolute atomic E-state index is 0.0908. The van der Waals surface area contributed by atoms with Crippen LogP contribution in [-0.2, 0) is 9.59 Å². The molecule has 21 heavy (non-hydrogen) atoms. The number of aryl methyl sites for hydroxylation is 1. The fourth-order valence-electron chi connectivity index (χ4n) is 2.33. The summed E-state index contributed by atoms with van der Waals surface area (Å²) in [5.41, 5.74) is 0.524. The van der Waals surface area contributed by atoms with E-state index in [0.29, 0.717) is 31.7 Å². The van der Waals surface area contributed by atoms with Crippen molar-refractivity contribution in [3.8, 4) is 0 Å². The molecule has 0 atom stereocenters. The number of amides is 1. The van der Waals surface area contributed by atoms with E-state index in [4.69, 9.17) is 0 Å². The van der Waals surface area contributed by atoms with E-state index in [2.05, 4.69) is 0 Å². The third-order valence-corrected chi connectivity index (χ3v) is 5.12. The Bertz CT molecular complexity index is 519. The van der Waals surface area contributed by atoms with E-state index in [0.717, 1.165) is 4.90 Å². The van der Waals surface area contributed by atoms with Gasteiger partial charge in [-0.05, 0) is 38.8 Å². The molecule has 1 saturated heterocycles. The van der Waals surface area contributed by atoms with Crippen LogP contribution in [0.25, 0.3) is 0 Å². The molecule has 2 rings (SSSR count). The van der Waals surface area contributed by atoms with Gasteiger partial charge < -0.3 is 10.0 Å². The minimum atomic E-state index is -0.761. The summed E-state index contributed by atoms with van der Waals surface area (Å²) in [7, 11) is 0. The first kappa shape index (κ1) is 15.9. The Morgan fingerprint density at radius 1 is 1.24 bits per heavy atom. The van der Waals surface area contributed by atoms with Gasteiger partial charge >= 0.3 is 5.97 Å². The number of benzene rings is 1. The van der Waals surface area contributed by atoms with Crippen LogP contribution in [0, 0.1) is 12.3 Å². The smallest absolute Gasteiger partial charge is 0.309 e. The van der Waals surface area contributed by atoms with Gasteiger partial charge in [0.05, 0.1) is 11.2 Å². The van der Waals surface area contributed by atoms with Crippen LogP contribution in [0.3, 0.4) is 0 Å². The Morgan fingerprint density at radius 3 is 2.33 bits per heavy atom. The number of carbonyl (C=O) groups is 2. The van der Waals surface area contributed by atoms with Gasteiger partial charge in [-0.2, -0.15) is 0 Å². The lowest BCUT2D eigenvalue weighted by Crippen LogP contribution is -2.45. The number of carbonyl (C=O) groups excluding carboxylic acids is 1. The molecule has 0 bridgehead atoms. The van der Waals surface area contributed by atoms with Gasteiger partial charge in [-0.15, -0.1) is 11.8 Å². The second-order valence-electron chi connectivity index (χ2n) is 5.85. The lowest BCUT2D eigenvalue weighted by Gasteiger charge is -2.36. The van der Waals surface area contributed by atoms with Gasteiger partial charge in [0.25, 0.3) is 0 Å². The zero-order valence-electron chi connectivity index (χ0n) is 12.5. The molecule has 4 nitrogen and oxygen atoms in total. The zero-order chi connectivity index (χ0) is 15.5. The van der Waals surface area contributed by atoms with Gasteiger partial charge in [-0.1, -0.05) is 17.7 Å². The van der Waals surface area contributed by atoms with Crippen molar-refractivity contribution >= 4 is 23.6 Å². The molecule has 1 heterocycles. The van der Waals surface area contributed by atoms with Crippen LogP contribution >= 0.6 is 11.8 Å². The number of aliphatic carboxylic acids is 1. The molecule has 1 aliphatic heterocycles. The third kappa shape index (κ3) is 4.00. The SMILES string of the molecule is Cc1ccc(SCC(=O)N2CCC(C)(C(=O)O)CC2)cc1. The van der Waals surface area contributed by atoms with Crippen molar-refractivity contribution in [3.63, 3.8) is 0 Å². The van der Waals surface area contributed by atoms with Crippen molar-refractivity contribution in [1.82, 2.24) is 4.90 Å². The molecule has 1 aromatic rings. The normalized spacial score (nSPS) is 17.5. The standard InChI is InChI=1S/C16H21NO3S/c1-12-3-5-13(6-4-12)21-11-14(18)17-9-7-16(2,8-10-17)15(19)20/h3-6H,7-11H2,1-2H3,(H,19,20). The number of thioether (sulfide) groups is 1. The monoisotopic (exact) mass is 307 g/mol. The molecule has 1 N–H and O–H groups in total. The summed E-state index contributed by atoms with van der Waals surface area (Å²) in [5.74, 6) is -0.260. The Hall–Kier alpha value is -1.49. The maximum absolute atomic E-state index is 12.2. The molecule has 5 heteroatoms. The van der Waals surface area contributed by atoms with Crippen molar-refractivity contribution in [2.45, 2.75) is 31.6 Å². The van der Waals surface area contributed by atoms with Crippen LogP contribution < -0.4 is 0 Å². The highest BCUT2D eigenvalue weighted by Gasteiger charge is 2.37. The van der Waals surface area contributed by atoms with Crippen LogP contribution in [0.2, 0.25) is 0 Å². The molecule has 0 unspecified atom stereocenters. The minimum Gasteiger partial charge on any atom is -0.481 e. The number of likely N-dealkylation sites (tertiary alicyclic amines) is 1. The predicted octanol–water partition coefficient (Wildman–Crippen LogP) is 2.80. The summed E-state index contributed by atoms with van der Waals surface area (Å²) >= 11 is 1.53. The molecule has 1 amide bonds. The van der Waals surface area contributed by atoms with E-state index in [1.807, 2.05) is 31.2 Å². The summed E-state index contributed by atoms with van der Waals surface area (Å²) in [6, 6.07) is 8.11. The van der Waals surface area contributed by atoms with E-state index >= 15 is 0 Å². The number of nitrogens with zero attached hydrogens (tertiary/aromatic N) is 1. The topological polar surface area (TPSA) is 57.6 Å². The summed E-state index contributed by atoms with van der Waals surface area (Å²) in [6.45, 7) is 4.87. The Morgan fingerprint density at radius 2 is 1.81 bits per heavy atom. The number of carboxylic acids is 1. The van der Waals surface area contributed by atoms with Crippen LogP contribution in [-0.4, -0.2) is 40.7 Å². The first-order valence-electron chi connectivity index (χ1n) is 7.11. The van der Waals surface area contributed by atoms with Crippen molar-refractivity contribution in [1.29, 1.82) is 0 Å². The van der Waals surface area contributed by atoms with Gasteiger partial charge in [0.15, 0.2) is 0 Å². The van der Waals surface area contributed by atoms with Crippen LogP contribution in [0.1, 0.15) is 25.3 Å². The molecule has 0 aliphatic carbocycles. The average molecular weight is 307 g/mol. The molecule has 114 valence electrons. The fourth-order valence-corrected chi connectivity index (χ4v) is 3.14. The Balaban J connectivity index is 1.82. The molecular formula is C16H21NO3S. The largest absolute Gasteiger partial charge is 0.481 e. The average Bonchev–Trinajstić information content (AvgIpc) is 2.47. The molecule has 1 aliphatic rings. The molecule has 0 saturated carbocycles. The number of hydrogen-bond donors (Lipinski definition) is 1. The fraction of sp³-hybridized carbons (Fsp3) is 0.500. The number of rotatable bonds is 4. The van der Waals surface area contributed by atoms with E-state index in [1.54, 1.807) is 11.8 Å². The third-order valence-electron chi connectivity index (χ3n) is 4.12. The lowest BCUT2D eigenvalue weighted by molar-refractivity contribution is -0.152. The van der Waals surface area contributed by atoms with E-state index < -0.39 is 11.4 Å². The Labute approximate surface area is 129 Å². The number of carboxylic acid groups (broad SMARTS) is 1. The second-order valence-corrected chi connectivity index (χ2v) is 6.90.